The average molecular weight is 312 g/mol. The maximum absolute atomic E-state index is 5.22. The third-order valence-electron chi connectivity index (χ3n) is 2.37. The molecule has 2 nitrogen and oxygen atoms in total. The van der Waals surface area contributed by atoms with Gasteiger partial charge >= 0.3 is 0 Å². The van der Waals surface area contributed by atoms with Gasteiger partial charge in [0.2, 0.25) is 0 Å². The molecule has 1 N–H and O–H groups in total. The summed E-state index contributed by atoms with van der Waals surface area (Å²) in [6, 6.07) is 10.3. The largest absolute Gasteiger partial charge is 0.497 e. The molecule has 0 aliphatic carbocycles. The molecule has 0 fully saturated rings. The normalized spacial score (nSPS) is 10.3. The maximum atomic E-state index is 5.22. The summed E-state index contributed by atoms with van der Waals surface area (Å²) in [5.74, 6) is 0.851. The van der Waals surface area contributed by atoms with Crippen LogP contribution in [0.4, 0.5) is 5.69 Å². The molecule has 0 spiro atoms. The molecule has 90 valence electrons. The quantitative estimate of drug-likeness (QED) is 0.901. The molecule has 0 unspecified atom stereocenters. The Balaban J connectivity index is 2.05. The minimum Gasteiger partial charge on any atom is -0.497 e. The Labute approximate surface area is 114 Å². The van der Waals surface area contributed by atoms with E-state index in [1.165, 1.54) is 9.75 Å². The van der Waals surface area contributed by atoms with Crippen LogP contribution >= 0.6 is 27.3 Å². The van der Waals surface area contributed by atoms with E-state index in [-0.39, 0.29) is 0 Å². The molecule has 0 radical (unpaired) electrons. The fraction of sp³-hybridized carbons (Fsp3) is 0.231. The third-order valence-corrected chi connectivity index (χ3v) is 3.83. The second kappa shape index (κ2) is 5.56. The molecule has 0 amide bonds. The summed E-state index contributed by atoms with van der Waals surface area (Å²) in [7, 11) is 1.67. The lowest BCUT2D eigenvalue weighted by atomic mass is 10.3. The van der Waals surface area contributed by atoms with Gasteiger partial charge in [-0.15, -0.1) is 11.3 Å². The smallest absolute Gasteiger partial charge is 0.122 e. The predicted octanol–water partition coefficient (Wildman–Crippen LogP) is 4.44. The summed E-state index contributed by atoms with van der Waals surface area (Å²) in [6.45, 7) is 2.97. The van der Waals surface area contributed by atoms with Crippen molar-refractivity contribution in [2.75, 3.05) is 12.4 Å². The highest BCUT2D eigenvalue weighted by Crippen LogP contribution is 2.25. The molecule has 1 aromatic carbocycles. The van der Waals surface area contributed by atoms with Gasteiger partial charge in [-0.05, 0) is 31.2 Å². The van der Waals surface area contributed by atoms with E-state index in [0.29, 0.717) is 0 Å². The first-order chi connectivity index (χ1) is 8.17. The summed E-state index contributed by atoms with van der Waals surface area (Å²) in [5, 5.41) is 3.39. The number of halogens is 1. The fourth-order valence-electron chi connectivity index (χ4n) is 1.55. The number of methoxy groups -OCH3 is 1. The van der Waals surface area contributed by atoms with Gasteiger partial charge in [0.05, 0.1) is 7.11 Å². The van der Waals surface area contributed by atoms with Gasteiger partial charge in [0, 0.05) is 32.5 Å². The lowest BCUT2D eigenvalue weighted by Crippen LogP contribution is -1.97. The van der Waals surface area contributed by atoms with Crippen molar-refractivity contribution in [1.82, 2.24) is 0 Å². The van der Waals surface area contributed by atoms with Crippen molar-refractivity contribution in [3.63, 3.8) is 0 Å². The van der Waals surface area contributed by atoms with Crippen molar-refractivity contribution in [1.29, 1.82) is 0 Å². The Bertz CT molecular complexity index is 510. The van der Waals surface area contributed by atoms with E-state index in [9.17, 15) is 0 Å². The number of ether oxygens (including phenoxy) is 1. The highest BCUT2D eigenvalue weighted by atomic mass is 79.9. The van der Waals surface area contributed by atoms with E-state index >= 15 is 0 Å². The molecule has 0 atom stereocenters. The van der Waals surface area contributed by atoms with Crippen molar-refractivity contribution in [2.24, 2.45) is 0 Å². The lowest BCUT2D eigenvalue weighted by molar-refractivity contribution is 0.414. The van der Waals surface area contributed by atoms with E-state index in [1.54, 1.807) is 7.11 Å². The molecule has 0 bridgehead atoms. The Morgan fingerprint density at radius 2 is 2.12 bits per heavy atom. The van der Waals surface area contributed by atoms with Crippen LogP contribution in [0.25, 0.3) is 0 Å². The van der Waals surface area contributed by atoms with Crippen molar-refractivity contribution in [3.8, 4) is 5.75 Å². The van der Waals surface area contributed by atoms with Gasteiger partial charge in [-0.3, -0.25) is 0 Å². The molecular formula is C13H14BrNOS. The van der Waals surface area contributed by atoms with Crippen molar-refractivity contribution >= 4 is 33.0 Å². The summed E-state index contributed by atoms with van der Waals surface area (Å²) in [4.78, 5) is 2.68. The SMILES string of the molecule is COc1cc(Br)cc(NCc2ccc(C)s2)c1. The molecule has 2 rings (SSSR count). The number of nitrogens with one attached hydrogen (secondary N) is 1. The second-order valence-corrected chi connectivity index (χ2v) is 6.03. The summed E-state index contributed by atoms with van der Waals surface area (Å²) in [6.07, 6.45) is 0. The van der Waals surface area contributed by atoms with E-state index in [2.05, 4.69) is 40.3 Å². The van der Waals surface area contributed by atoms with Crippen LogP contribution < -0.4 is 10.1 Å². The molecule has 0 saturated heterocycles. The van der Waals surface area contributed by atoms with Gasteiger partial charge in [-0.2, -0.15) is 0 Å². The van der Waals surface area contributed by atoms with Crippen molar-refractivity contribution < 1.29 is 4.74 Å². The molecule has 1 aromatic heterocycles. The Morgan fingerprint density at radius 1 is 1.29 bits per heavy atom. The van der Waals surface area contributed by atoms with Crippen LogP contribution in [-0.2, 0) is 6.54 Å². The van der Waals surface area contributed by atoms with Crippen LogP contribution in [0.2, 0.25) is 0 Å². The second-order valence-electron chi connectivity index (χ2n) is 3.75. The summed E-state index contributed by atoms with van der Waals surface area (Å²) in [5.41, 5.74) is 1.06. The van der Waals surface area contributed by atoms with Crippen LogP contribution in [0.1, 0.15) is 9.75 Å². The molecular weight excluding hydrogens is 298 g/mol. The van der Waals surface area contributed by atoms with Gasteiger partial charge in [0.15, 0.2) is 0 Å². The monoisotopic (exact) mass is 311 g/mol. The highest BCUT2D eigenvalue weighted by molar-refractivity contribution is 9.10. The first-order valence-corrected chi connectivity index (χ1v) is 6.92. The third kappa shape index (κ3) is 3.48. The van der Waals surface area contributed by atoms with Crippen LogP contribution in [-0.4, -0.2) is 7.11 Å². The van der Waals surface area contributed by atoms with Gasteiger partial charge in [-0.1, -0.05) is 15.9 Å². The van der Waals surface area contributed by atoms with Crippen molar-refractivity contribution in [2.45, 2.75) is 13.5 Å². The van der Waals surface area contributed by atoms with Crippen LogP contribution in [0.3, 0.4) is 0 Å². The predicted molar refractivity (Wildman–Crippen MR) is 77.1 cm³/mol. The number of hydrogen-bond donors (Lipinski definition) is 1. The van der Waals surface area contributed by atoms with Gasteiger partial charge in [0.25, 0.3) is 0 Å². The molecule has 1 heterocycles. The van der Waals surface area contributed by atoms with Crippen LogP contribution in [0.5, 0.6) is 5.75 Å². The standard InChI is InChI=1S/C13H14BrNOS/c1-9-3-4-13(17-9)8-15-11-5-10(14)6-12(7-11)16-2/h3-7,15H,8H2,1-2H3. The zero-order valence-corrected chi connectivity index (χ0v) is 12.2. The minimum atomic E-state index is 0.845. The Kier molecular flexibility index (Phi) is 4.07. The fourth-order valence-corrected chi connectivity index (χ4v) is 2.85. The summed E-state index contributed by atoms with van der Waals surface area (Å²) >= 11 is 5.28. The molecule has 17 heavy (non-hydrogen) atoms. The van der Waals surface area contributed by atoms with Crippen LogP contribution in [0.15, 0.2) is 34.8 Å². The molecule has 2 aromatic rings. The number of benzene rings is 1. The minimum absolute atomic E-state index is 0.845. The lowest BCUT2D eigenvalue weighted by Gasteiger charge is -2.08. The zero-order valence-electron chi connectivity index (χ0n) is 9.79. The van der Waals surface area contributed by atoms with E-state index < -0.39 is 0 Å². The number of hydrogen-bond acceptors (Lipinski definition) is 3. The van der Waals surface area contributed by atoms with Gasteiger partial charge < -0.3 is 10.1 Å². The summed E-state index contributed by atoms with van der Waals surface area (Å²) < 4.78 is 6.24. The number of aryl methyl sites for hydroxylation is 1. The molecule has 0 aliphatic heterocycles. The van der Waals surface area contributed by atoms with Crippen molar-refractivity contribution in [3.05, 3.63) is 44.6 Å². The number of anilines is 1. The molecule has 0 saturated carbocycles. The zero-order chi connectivity index (χ0) is 12.3. The first kappa shape index (κ1) is 12.5. The highest BCUT2D eigenvalue weighted by Gasteiger charge is 2.01. The average Bonchev–Trinajstić information content (AvgIpc) is 2.72. The van der Waals surface area contributed by atoms with E-state index in [4.69, 9.17) is 4.74 Å². The molecule has 4 heteroatoms. The molecule has 0 aliphatic rings. The number of thiophene rings is 1. The van der Waals surface area contributed by atoms with Crippen LogP contribution in [0, 0.1) is 6.92 Å². The number of rotatable bonds is 4. The maximum Gasteiger partial charge on any atom is 0.122 e. The van der Waals surface area contributed by atoms with E-state index in [1.807, 2.05) is 29.5 Å². The van der Waals surface area contributed by atoms with Gasteiger partial charge in [-0.25, -0.2) is 0 Å². The van der Waals surface area contributed by atoms with E-state index in [0.717, 1.165) is 22.5 Å². The Morgan fingerprint density at radius 3 is 2.76 bits per heavy atom. The Hall–Kier alpha value is -1.00. The first-order valence-electron chi connectivity index (χ1n) is 5.31. The van der Waals surface area contributed by atoms with Gasteiger partial charge in [0.1, 0.15) is 5.75 Å². The topological polar surface area (TPSA) is 21.3 Å².